The van der Waals surface area contributed by atoms with Gasteiger partial charge in [-0.25, -0.2) is 4.39 Å². The van der Waals surface area contributed by atoms with Gasteiger partial charge in [-0.1, -0.05) is 36.4 Å². The summed E-state index contributed by atoms with van der Waals surface area (Å²) in [6, 6.07) is 16.3. The number of rotatable bonds is 4. The molecule has 0 N–H and O–H groups in total. The molecule has 1 aliphatic heterocycles. The lowest BCUT2D eigenvalue weighted by Gasteiger charge is -2.38. The number of hydrogen-bond donors (Lipinski definition) is 0. The Morgan fingerprint density at radius 3 is 2.15 bits per heavy atom. The van der Waals surface area contributed by atoms with Crippen LogP contribution in [-0.2, 0) is 0 Å². The summed E-state index contributed by atoms with van der Waals surface area (Å²) in [5.41, 5.74) is 4.07. The van der Waals surface area contributed by atoms with E-state index >= 15 is 0 Å². The van der Waals surface area contributed by atoms with E-state index in [0.717, 1.165) is 39.1 Å². The van der Waals surface area contributed by atoms with Crippen LogP contribution in [0.15, 0.2) is 48.5 Å². The van der Waals surface area contributed by atoms with Gasteiger partial charge < -0.3 is 0 Å². The fraction of sp³-hybridized carbons (Fsp3) is 0.429. The lowest BCUT2D eigenvalue weighted by atomic mass is 9.93. The average molecular weight is 432 g/mol. The molecule has 148 valence electrons. The molecule has 2 atom stereocenters. The molecule has 1 fully saturated rings. The zero-order valence-electron chi connectivity index (χ0n) is 15.2. The van der Waals surface area contributed by atoms with Crippen molar-refractivity contribution in [3.05, 3.63) is 71.0 Å². The zero-order valence-corrected chi connectivity index (χ0v) is 17.6. The Labute approximate surface area is 178 Å². The van der Waals surface area contributed by atoms with E-state index in [0.29, 0.717) is 17.8 Å². The van der Waals surface area contributed by atoms with Crippen LogP contribution in [0, 0.1) is 5.82 Å². The summed E-state index contributed by atoms with van der Waals surface area (Å²) in [7, 11) is 0. The SMILES string of the molecule is Cl.Cl.Fc1ccc([C@@H]2C[C@@H](N3CCN(CCCl)CC3)c3ccccc32)cc1. The van der Waals surface area contributed by atoms with E-state index in [4.69, 9.17) is 11.6 Å². The molecule has 0 unspecified atom stereocenters. The number of nitrogens with zero attached hydrogens (tertiary/aromatic N) is 2. The van der Waals surface area contributed by atoms with E-state index < -0.39 is 0 Å². The third-order valence-electron chi connectivity index (χ3n) is 5.71. The topological polar surface area (TPSA) is 6.48 Å². The largest absolute Gasteiger partial charge is 0.300 e. The van der Waals surface area contributed by atoms with Crippen molar-refractivity contribution < 1.29 is 4.39 Å². The predicted octanol–water partition coefficient (Wildman–Crippen LogP) is 5.10. The highest BCUT2D eigenvalue weighted by Gasteiger charge is 2.36. The predicted molar refractivity (Wildman–Crippen MR) is 115 cm³/mol. The lowest BCUT2D eigenvalue weighted by molar-refractivity contribution is 0.0987. The number of hydrogen-bond acceptors (Lipinski definition) is 2. The third kappa shape index (κ3) is 4.78. The van der Waals surface area contributed by atoms with Gasteiger partial charge in [0.25, 0.3) is 0 Å². The van der Waals surface area contributed by atoms with Crippen LogP contribution in [0.2, 0.25) is 0 Å². The van der Waals surface area contributed by atoms with E-state index in [1.165, 1.54) is 16.7 Å². The van der Waals surface area contributed by atoms with Gasteiger partial charge in [-0.2, -0.15) is 0 Å². The third-order valence-corrected chi connectivity index (χ3v) is 5.88. The van der Waals surface area contributed by atoms with Gasteiger partial charge in [0, 0.05) is 50.6 Å². The number of fused-ring (bicyclic) bond motifs is 1. The molecule has 6 heteroatoms. The molecule has 0 amide bonds. The van der Waals surface area contributed by atoms with Crippen molar-refractivity contribution in [1.29, 1.82) is 0 Å². The molecule has 2 aromatic carbocycles. The van der Waals surface area contributed by atoms with E-state index in [-0.39, 0.29) is 30.6 Å². The summed E-state index contributed by atoms with van der Waals surface area (Å²) in [5.74, 6) is 0.906. The van der Waals surface area contributed by atoms with Gasteiger partial charge >= 0.3 is 0 Å². The first-order valence-electron chi connectivity index (χ1n) is 9.13. The minimum Gasteiger partial charge on any atom is -0.300 e. The first-order valence-corrected chi connectivity index (χ1v) is 9.66. The molecule has 2 nitrogen and oxygen atoms in total. The summed E-state index contributed by atoms with van der Waals surface area (Å²) >= 11 is 5.88. The highest BCUT2D eigenvalue weighted by atomic mass is 35.5. The molecule has 0 bridgehead atoms. The maximum Gasteiger partial charge on any atom is 0.123 e. The van der Waals surface area contributed by atoms with E-state index in [1.807, 2.05) is 12.1 Å². The van der Waals surface area contributed by atoms with Crippen LogP contribution in [0.4, 0.5) is 4.39 Å². The maximum absolute atomic E-state index is 13.3. The van der Waals surface area contributed by atoms with Gasteiger partial charge in [-0.3, -0.25) is 9.80 Å². The molecule has 0 saturated carbocycles. The van der Waals surface area contributed by atoms with Gasteiger partial charge in [-0.05, 0) is 35.2 Å². The van der Waals surface area contributed by atoms with E-state index in [9.17, 15) is 4.39 Å². The van der Waals surface area contributed by atoms with Crippen molar-refractivity contribution in [2.24, 2.45) is 0 Å². The molecule has 4 rings (SSSR count). The summed E-state index contributed by atoms with van der Waals surface area (Å²) in [5, 5.41) is 0. The van der Waals surface area contributed by atoms with E-state index in [1.54, 1.807) is 12.1 Å². The second-order valence-electron chi connectivity index (χ2n) is 7.05. The van der Waals surface area contributed by atoms with Crippen LogP contribution in [0.3, 0.4) is 0 Å². The first kappa shape index (κ1) is 22.4. The van der Waals surface area contributed by atoms with Crippen molar-refractivity contribution in [2.45, 2.75) is 18.4 Å². The molecule has 1 heterocycles. The van der Waals surface area contributed by atoms with Crippen LogP contribution in [0.5, 0.6) is 0 Å². The average Bonchev–Trinajstić information content (AvgIpc) is 3.03. The fourth-order valence-electron chi connectivity index (χ4n) is 4.38. The fourth-order valence-corrected chi connectivity index (χ4v) is 4.62. The Kier molecular flexibility index (Phi) is 8.39. The van der Waals surface area contributed by atoms with E-state index in [2.05, 4.69) is 34.1 Å². The minimum atomic E-state index is -0.165. The Balaban J connectivity index is 0.00000131. The second kappa shape index (κ2) is 10.1. The van der Waals surface area contributed by atoms with Crippen LogP contribution in [-0.4, -0.2) is 48.4 Å². The summed E-state index contributed by atoms with van der Waals surface area (Å²) < 4.78 is 13.3. The summed E-state index contributed by atoms with van der Waals surface area (Å²) in [6.07, 6.45) is 1.08. The molecule has 27 heavy (non-hydrogen) atoms. The number of alkyl halides is 1. The van der Waals surface area contributed by atoms with Crippen molar-refractivity contribution in [3.63, 3.8) is 0 Å². The highest BCUT2D eigenvalue weighted by molar-refractivity contribution is 6.18. The zero-order chi connectivity index (χ0) is 17.2. The van der Waals surface area contributed by atoms with Gasteiger partial charge in [0.15, 0.2) is 0 Å². The Morgan fingerprint density at radius 2 is 1.52 bits per heavy atom. The second-order valence-corrected chi connectivity index (χ2v) is 7.43. The Hall–Kier alpha value is -0.840. The molecule has 0 spiro atoms. The molecule has 1 saturated heterocycles. The number of piperazine rings is 1. The molecular formula is C21H26Cl3FN2. The minimum absolute atomic E-state index is 0. The van der Waals surface area contributed by atoms with Gasteiger partial charge in [-0.15, -0.1) is 36.4 Å². The molecular weight excluding hydrogens is 406 g/mol. The van der Waals surface area contributed by atoms with Crippen LogP contribution >= 0.6 is 36.4 Å². The van der Waals surface area contributed by atoms with Crippen LogP contribution in [0.1, 0.15) is 35.1 Å². The molecule has 2 aromatic rings. The normalized spacial score (nSPS) is 22.6. The number of halogens is 4. The van der Waals surface area contributed by atoms with Gasteiger partial charge in [0.2, 0.25) is 0 Å². The van der Waals surface area contributed by atoms with Gasteiger partial charge in [0.1, 0.15) is 5.82 Å². The molecule has 2 aliphatic rings. The van der Waals surface area contributed by atoms with Crippen molar-refractivity contribution in [3.8, 4) is 0 Å². The van der Waals surface area contributed by atoms with Crippen molar-refractivity contribution in [2.75, 3.05) is 38.6 Å². The van der Waals surface area contributed by atoms with Crippen molar-refractivity contribution >= 4 is 36.4 Å². The molecule has 1 aliphatic carbocycles. The van der Waals surface area contributed by atoms with Gasteiger partial charge in [0.05, 0.1) is 0 Å². The smallest absolute Gasteiger partial charge is 0.123 e. The summed E-state index contributed by atoms with van der Waals surface area (Å²) in [4.78, 5) is 5.06. The standard InChI is InChI=1S/C21H24ClFN2.2ClH/c22-9-10-24-11-13-25(14-12-24)21-15-20(16-5-7-17(23)8-6-16)18-3-1-2-4-19(18)21;;/h1-8,20-21H,9-15H2;2*1H/t20-,21+;;/m0../s1. The monoisotopic (exact) mass is 430 g/mol. The van der Waals surface area contributed by atoms with Crippen molar-refractivity contribution in [1.82, 2.24) is 9.80 Å². The van der Waals surface area contributed by atoms with Crippen LogP contribution < -0.4 is 0 Å². The van der Waals surface area contributed by atoms with Crippen LogP contribution in [0.25, 0.3) is 0 Å². The summed E-state index contributed by atoms with van der Waals surface area (Å²) in [6.45, 7) is 5.34. The quantitative estimate of drug-likeness (QED) is 0.621. The highest BCUT2D eigenvalue weighted by Crippen LogP contribution is 2.46. The molecule has 0 radical (unpaired) electrons. The first-order chi connectivity index (χ1) is 12.3. The lowest BCUT2D eigenvalue weighted by Crippen LogP contribution is -2.47. The maximum atomic E-state index is 13.3. The Morgan fingerprint density at radius 1 is 0.889 bits per heavy atom. The Bertz CT molecular complexity index is 718. The number of benzene rings is 2. The molecule has 0 aromatic heterocycles.